The lowest BCUT2D eigenvalue weighted by atomic mass is 10.2. The number of nitrogens with one attached hydrogen (secondary N) is 1. The fourth-order valence-electron chi connectivity index (χ4n) is 1.71. The smallest absolute Gasteiger partial charge is 0.305 e. The second kappa shape index (κ2) is 4.58. The van der Waals surface area contributed by atoms with Crippen molar-refractivity contribution in [2.24, 2.45) is 5.73 Å². The summed E-state index contributed by atoms with van der Waals surface area (Å²) in [6.07, 6.45) is 1.82. The first-order chi connectivity index (χ1) is 7.66. The number of aliphatic carboxylic acids is 1. The maximum absolute atomic E-state index is 10.5. The van der Waals surface area contributed by atoms with Crippen LogP contribution in [-0.4, -0.2) is 27.8 Å². The summed E-state index contributed by atoms with van der Waals surface area (Å²) in [7, 11) is 0. The number of nitrogens with zero attached hydrogens (tertiary/aromatic N) is 2. The molecule has 0 saturated carbocycles. The summed E-state index contributed by atoms with van der Waals surface area (Å²) in [6.45, 7) is 0.934. The molecule has 1 saturated heterocycles. The van der Waals surface area contributed by atoms with Crippen molar-refractivity contribution in [3.63, 3.8) is 0 Å². The van der Waals surface area contributed by atoms with Gasteiger partial charge in [-0.2, -0.15) is 0 Å². The average molecular weight is 226 g/mol. The predicted octanol–water partition coefficient (Wildman–Crippen LogP) is -0.0314. The standard InChI is InChI=1S/C9H14N4O3/c10-5(4-7(14)15)8-12-13-9(16-8)6-2-1-3-11-6/h5-6,11H,1-4,10H2,(H,14,15)/t5-,6-/m0/s1. The molecule has 0 spiro atoms. The van der Waals surface area contributed by atoms with Crippen LogP contribution >= 0.6 is 0 Å². The highest BCUT2D eigenvalue weighted by Crippen LogP contribution is 2.23. The molecule has 7 nitrogen and oxygen atoms in total. The molecule has 1 aliphatic rings. The third kappa shape index (κ3) is 2.37. The number of rotatable bonds is 4. The molecule has 0 amide bonds. The van der Waals surface area contributed by atoms with E-state index in [0.29, 0.717) is 5.89 Å². The molecule has 1 fully saturated rings. The minimum Gasteiger partial charge on any atom is -0.481 e. The largest absolute Gasteiger partial charge is 0.481 e. The first-order valence-electron chi connectivity index (χ1n) is 5.21. The quantitative estimate of drug-likeness (QED) is 0.660. The lowest BCUT2D eigenvalue weighted by Crippen LogP contribution is -2.15. The van der Waals surface area contributed by atoms with Crippen LogP contribution < -0.4 is 11.1 Å². The van der Waals surface area contributed by atoms with Gasteiger partial charge in [-0.15, -0.1) is 10.2 Å². The van der Waals surface area contributed by atoms with Gasteiger partial charge >= 0.3 is 5.97 Å². The molecular formula is C9H14N4O3. The predicted molar refractivity (Wildman–Crippen MR) is 53.5 cm³/mol. The lowest BCUT2D eigenvalue weighted by Gasteiger charge is -2.04. The van der Waals surface area contributed by atoms with Gasteiger partial charge in [-0.05, 0) is 19.4 Å². The van der Waals surface area contributed by atoms with Gasteiger partial charge in [0.1, 0.15) is 0 Å². The number of hydrogen-bond acceptors (Lipinski definition) is 6. The highest BCUT2D eigenvalue weighted by Gasteiger charge is 2.24. The molecule has 0 aliphatic carbocycles. The summed E-state index contributed by atoms with van der Waals surface area (Å²) in [5.41, 5.74) is 5.61. The minimum atomic E-state index is -0.980. The van der Waals surface area contributed by atoms with Crippen LogP contribution in [0.25, 0.3) is 0 Å². The molecule has 1 aromatic heterocycles. The van der Waals surface area contributed by atoms with Gasteiger partial charge in [-0.3, -0.25) is 4.79 Å². The number of carbonyl (C=O) groups is 1. The van der Waals surface area contributed by atoms with E-state index in [2.05, 4.69) is 15.5 Å². The Bertz CT molecular complexity index is 373. The monoisotopic (exact) mass is 226 g/mol. The van der Waals surface area contributed by atoms with E-state index in [0.717, 1.165) is 19.4 Å². The SMILES string of the molecule is N[C@@H](CC(=O)O)c1nnc([C@@H]2CCCN2)o1. The van der Waals surface area contributed by atoms with Crippen molar-refractivity contribution in [2.75, 3.05) is 6.54 Å². The van der Waals surface area contributed by atoms with Crippen molar-refractivity contribution >= 4 is 5.97 Å². The fourth-order valence-corrected chi connectivity index (χ4v) is 1.71. The van der Waals surface area contributed by atoms with Crippen LogP contribution in [0.3, 0.4) is 0 Å². The minimum absolute atomic E-state index is 0.0817. The molecular weight excluding hydrogens is 212 g/mol. The van der Waals surface area contributed by atoms with E-state index in [1.165, 1.54) is 0 Å². The Morgan fingerprint density at radius 3 is 3.12 bits per heavy atom. The summed E-state index contributed by atoms with van der Waals surface area (Å²) in [4.78, 5) is 10.5. The Morgan fingerprint density at radius 1 is 1.69 bits per heavy atom. The number of nitrogens with two attached hydrogens (primary N) is 1. The maximum atomic E-state index is 10.5. The Kier molecular flexibility index (Phi) is 3.16. The highest BCUT2D eigenvalue weighted by molar-refractivity contribution is 5.67. The Balaban J connectivity index is 2.03. The van der Waals surface area contributed by atoms with Gasteiger partial charge in [0.05, 0.1) is 18.5 Å². The summed E-state index contributed by atoms with van der Waals surface area (Å²) in [5, 5.41) is 19.4. The van der Waals surface area contributed by atoms with E-state index < -0.39 is 12.0 Å². The topological polar surface area (TPSA) is 114 Å². The molecule has 0 unspecified atom stereocenters. The zero-order chi connectivity index (χ0) is 11.5. The zero-order valence-corrected chi connectivity index (χ0v) is 8.72. The fraction of sp³-hybridized carbons (Fsp3) is 0.667. The van der Waals surface area contributed by atoms with Crippen LogP contribution in [0.15, 0.2) is 4.42 Å². The molecule has 1 aliphatic heterocycles. The van der Waals surface area contributed by atoms with E-state index in [1.807, 2.05) is 0 Å². The van der Waals surface area contributed by atoms with Gasteiger partial charge in [0.2, 0.25) is 11.8 Å². The number of carboxylic acids is 1. The molecule has 16 heavy (non-hydrogen) atoms. The third-order valence-corrected chi connectivity index (χ3v) is 2.53. The molecule has 2 heterocycles. The zero-order valence-electron chi connectivity index (χ0n) is 8.72. The first-order valence-corrected chi connectivity index (χ1v) is 5.21. The summed E-state index contributed by atoms with van der Waals surface area (Å²) in [5.74, 6) is -0.300. The van der Waals surface area contributed by atoms with Crippen LogP contribution in [0.2, 0.25) is 0 Å². The summed E-state index contributed by atoms with van der Waals surface area (Å²) in [6, 6.07) is -0.654. The summed E-state index contributed by atoms with van der Waals surface area (Å²) < 4.78 is 5.36. The first kappa shape index (κ1) is 11.0. The van der Waals surface area contributed by atoms with Crippen molar-refractivity contribution in [1.29, 1.82) is 0 Å². The molecule has 0 bridgehead atoms. The lowest BCUT2D eigenvalue weighted by molar-refractivity contribution is -0.137. The van der Waals surface area contributed by atoms with Crippen LogP contribution in [0, 0.1) is 0 Å². The van der Waals surface area contributed by atoms with Gasteiger partial charge in [0.15, 0.2) is 0 Å². The molecule has 2 atom stereocenters. The van der Waals surface area contributed by atoms with Crippen LogP contribution in [-0.2, 0) is 4.79 Å². The highest BCUT2D eigenvalue weighted by atomic mass is 16.4. The van der Waals surface area contributed by atoms with Crippen LogP contribution in [0.4, 0.5) is 0 Å². The normalized spacial score (nSPS) is 22.2. The van der Waals surface area contributed by atoms with Crippen molar-refractivity contribution in [3.8, 4) is 0 Å². The Morgan fingerprint density at radius 2 is 2.50 bits per heavy atom. The average Bonchev–Trinajstić information content (AvgIpc) is 2.87. The van der Waals surface area contributed by atoms with E-state index in [9.17, 15) is 4.79 Å². The van der Waals surface area contributed by atoms with Gasteiger partial charge in [-0.1, -0.05) is 0 Å². The Labute approximate surface area is 92.0 Å². The van der Waals surface area contributed by atoms with Crippen molar-refractivity contribution in [2.45, 2.75) is 31.3 Å². The Hall–Kier alpha value is -1.47. The van der Waals surface area contributed by atoms with E-state index >= 15 is 0 Å². The number of carboxylic acid groups (broad SMARTS) is 1. The molecule has 2 rings (SSSR count). The van der Waals surface area contributed by atoms with Crippen LogP contribution in [0.5, 0.6) is 0 Å². The van der Waals surface area contributed by atoms with Gasteiger partial charge < -0.3 is 20.6 Å². The van der Waals surface area contributed by atoms with Crippen molar-refractivity contribution < 1.29 is 14.3 Å². The molecule has 4 N–H and O–H groups in total. The molecule has 0 radical (unpaired) electrons. The molecule has 0 aromatic carbocycles. The molecule has 88 valence electrons. The molecule has 7 heteroatoms. The maximum Gasteiger partial charge on any atom is 0.305 e. The number of hydrogen-bond donors (Lipinski definition) is 3. The molecule has 1 aromatic rings. The third-order valence-electron chi connectivity index (χ3n) is 2.53. The van der Waals surface area contributed by atoms with E-state index in [1.54, 1.807) is 0 Å². The van der Waals surface area contributed by atoms with Gasteiger partial charge in [0, 0.05) is 0 Å². The second-order valence-electron chi connectivity index (χ2n) is 3.83. The number of aromatic nitrogens is 2. The van der Waals surface area contributed by atoms with Gasteiger partial charge in [0.25, 0.3) is 0 Å². The summed E-state index contributed by atoms with van der Waals surface area (Å²) >= 11 is 0. The van der Waals surface area contributed by atoms with Crippen molar-refractivity contribution in [1.82, 2.24) is 15.5 Å². The van der Waals surface area contributed by atoms with E-state index in [4.69, 9.17) is 15.3 Å². The second-order valence-corrected chi connectivity index (χ2v) is 3.83. The van der Waals surface area contributed by atoms with Crippen molar-refractivity contribution in [3.05, 3.63) is 11.8 Å². The van der Waals surface area contributed by atoms with Gasteiger partial charge in [-0.25, -0.2) is 0 Å². The van der Waals surface area contributed by atoms with Crippen LogP contribution in [0.1, 0.15) is 43.1 Å². The van der Waals surface area contributed by atoms with E-state index in [-0.39, 0.29) is 18.4 Å².